The second-order valence-electron chi connectivity index (χ2n) is 5.32. The van der Waals surface area contributed by atoms with E-state index in [-0.39, 0.29) is 5.91 Å². The highest BCUT2D eigenvalue weighted by molar-refractivity contribution is 9.10. The van der Waals surface area contributed by atoms with Gasteiger partial charge in [0.1, 0.15) is 18.1 Å². The monoisotopic (exact) mass is 392 g/mol. The lowest BCUT2D eigenvalue weighted by atomic mass is 10.3. The van der Waals surface area contributed by atoms with E-state index >= 15 is 0 Å². The molecule has 5 nitrogen and oxygen atoms in total. The summed E-state index contributed by atoms with van der Waals surface area (Å²) in [5.41, 5.74) is 0.720. The number of nitrogens with one attached hydrogen (secondary N) is 1. The van der Waals surface area contributed by atoms with E-state index in [4.69, 9.17) is 9.47 Å². The molecule has 1 amide bonds. The van der Waals surface area contributed by atoms with E-state index < -0.39 is 0 Å². The molecule has 0 spiro atoms. The average Bonchev–Trinajstić information content (AvgIpc) is 2.55. The fourth-order valence-corrected chi connectivity index (χ4v) is 2.48. The molecular formula is C18H21BrN2O3. The van der Waals surface area contributed by atoms with Gasteiger partial charge in [-0.1, -0.05) is 28.1 Å². The Hall–Kier alpha value is -2.05. The highest BCUT2D eigenvalue weighted by Gasteiger charge is 2.08. The van der Waals surface area contributed by atoms with Crippen LogP contribution in [-0.2, 0) is 4.79 Å². The Balaban J connectivity index is 1.73. The zero-order chi connectivity index (χ0) is 17.4. The predicted octanol–water partition coefficient (Wildman–Crippen LogP) is 3.41. The molecule has 0 aliphatic carbocycles. The quantitative estimate of drug-likeness (QED) is 0.747. The molecule has 2 rings (SSSR count). The summed E-state index contributed by atoms with van der Waals surface area (Å²) in [6.45, 7) is 1.45. The lowest BCUT2D eigenvalue weighted by Gasteiger charge is -2.17. The molecule has 0 saturated heterocycles. The van der Waals surface area contributed by atoms with Gasteiger partial charge in [-0.2, -0.15) is 0 Å². The van der Waals surface area contributed by atoms with Gasteiger partial charge in [-0.25, -0.2) is 0 Å². The van der Waals surface area contributed by atoms with Crippen LogP contribution < -0.4 is 14.8 Å². The molecule has 0 unspecified atom stereocenters. The zero-order valence-corrected chi connectivity index (χ0v) is 15.4. The van der Waals surface area contributed by atoms with Crippen molar-refractivity contribution in [2.75, 3.05) is 39.2 Å². The van der Waals surface area contributed by atoms with Crippen molar-refractivity contribution in [3.8, 4) is 11.5 Å². The van der Waals surface area contributed by atoms with Crippen LogP contribution in [0.3, 0.4) is 0 Å². The maximum Gasteiger partial charge on any atom is 0.238 e. The zero-order valence-electron chi connectivity index (χ0n) is 13.8. The van der Waals surface area contributed by atoms with Crippen LogP contribution in [0.15, 0.2) is 53.0 Å². The maximum atomic E-state index is 12.1. The van der Waals surface area contributed by atoms with E-state index in [1.54, 1.807) is 13.2 Å². The standard InChI is InChI=1S/C18H21BrN2O3/c1-21(9-10-24-17-8-3-5-14(19)11-17)13-18(22)20-15-6-4-7-16(12-15)23-2/h3-8,11-12H,9-10,13H2,1-2H3,(H,20,22). The van der Waals surface area contributed by atoms with Crippen LogP contribution in [0.25, 0.3) is 0 Å². The molecule has 0 radical (unpaired) electrons. The number of benzene rings is 2. The summed E-state index contributed by atoms with van der Waals surface area (Å²) in [7, 11) is 3.48. The largest absolute Gasteiger partial charge is 0.497 e. The van der Waals surface area contributed by atoms with Crippen molar-refractivity contribution in [3.05, 3.63) is 53.0 Å². The Morgan fingerprint density at radius 1 is 1.17 bits per heavy atom. The smallest absolute Gasteiger partial charge is 0.238 e. The molecule has 1 N–H and O–H groups in total. The molecule has 2 aromatic rings. The second-order valence-corrected chi connectivity index (χ2v) is 6.24. The molecule has 0 heterocycles. The minimum absolute atomic E-state index is 0.0757. The summed E-state index contributed by atoms with van der Waals surface area (Å²) < 4.78 is 11.8. The summed E-state index contributed by atoms with van der Waals surface area (Å²) in [6, 6.07) is 15.0. The predicted molar refractivity (Wildman–Crippen MR) is 98.8 cm³/mol. The van der Waals surface area contributed by atoms with Gasteiger partial charge in [-0.05, 0) is 37.4 Å². The van der Waals surface area contributed by atoms with Crippen molar-refractivity contribution in [2.45, 2.75) is 0 Å². The number of ether oxygens (including phenoxy) is 2. The van der Waals surface area contributed by atoms with Crippen LogP contribution in [-0.4, -0.2) is 44.7 Å². The van der Waals surface area contributed by atoms with E-state index in [1.807, 2.05) is 54.4 Å². The van der Waals surface area contributed by atoms with E-state index in [9.17, 15) is 4.79 Å². The van der Waals surface area contributed by atoms with Gasteiger partial charge in [-0.15, -0.1) is 0 Å². The molecule has 24 heavy (non-hydrogen) atoms. The molecule has 0 atom stereocenters. The Morgan fingerprint density at radius 2 is 1.92 bits per heavy atom. The first-order valence-corrected chi connectivity index (χ1v) is 8.37. The number of likely N-dealkylation sites (N-methyl/N-ethyl adjacent to an activating group) is 1. The van der Waals surface area contributed by atoms with Crippen molar-refractivity contribution in [3.63, 3.8) is 0 Å². The van der Waals surface area contributed by atoms with Gasteiger partial charge in [0, 0.05) is 22.8 Å². The summed E-state index contributed by atoms with van der Waals surface area (Å²) in [6.07, 6.45) is 0. The molecular weight excluding hydrogens is 372 g/mol. The highest BCUT2D eigenvalue weighted by Crippen LogP contribution is 2.18. The Kier molecular flexibility index (Phi) is 7.08. The van der Waals surface area contributed by atoms with E-state index in [2.05, 4.69) is 21.2 Å². The molecule has 0 aliphatic heterocycles. The third-order valence-corrected chi connectivity index (χ3v) is 3.80. The minimum Gasteiger partial charge on any atom is -0.497 e. The molecule has 0 saturated carbocycles. The van der Waals surface area contributed by atoms with E-state index in [0.29, 0.717) is 25.4 Å². The van der Waals surface area contributed by atoms with Gasteiger partial charge in [0.05, 0.1) is 13.7 Å². The van der Waals surface area contributed by atoms with Crippen LogP contribution >= 0.6 is 15.9 Å². The number of rotatable bonds is 8. The first kappa shape index (κ1) is 18.3. The number of nitrogens with zero attached hydrogens (tertiary/aromatic N) is 1. The Labute approximate surface area is 150 Å². The van der Waals surface area contributed by atoms with Gasteiger partial charge in [0.25, 0.3) is 0 Å². The molecule has 2 aromatic carbocycles. The van der Waals surface area contributed by atoms with Crippen LogP contribution in [0.2, 0.25) is 0 Å². The first-order valence-electron chi connectivity index (χ1n) is 7.57. The fourth-order valence-electron chi connectivity index (χ4n) is 2.10. The SMILES string of the molecule is COc1cccc(NC(=O)CN(C)CCOc2cccc(Br)c2)c1. The molecule has 0 fully saturated rings. The summed E-state index contributed by atoms with van der Waals surface area (Å²) in [4.78, 5) is 14.0. The van der Waals surface area contributed by atoms with Gasteiger partial charge in [0.2, 0.25) is 5.91 Å². The number of hydrogen-bond acceptors (Lipinski definition) is 4. The number of carbonyl (C=O) groups is 1. The number of anilines is 1. The Bertz CT molecular complexity index is 679. The molecule has 6 heteroatoms. The summed E-state index contributed by atoms with van der Waals surface area (Å²) in [5, 5.41) is 2.86. The van der Waals surface area contributed by atoms with Crippen molar-refractivity contribution >= 4 is 27.5 Å². The minimum atomic E-state index is -0.0757. The van der Waals surface area contributed by atoms with Crippen LogP contribution in [0.4, 0.5) is 5.69 Å². The number of methoxy groups -OCH3 is 1. The highest BCUT2D eigenvalue weighted by atomic mass is 79.9. The van der Waals surface area contributed by atoms with Crippen molar-refractivity contribution in [1.82, 2.24) is 4.90 Å². The van der Waals surface area contributed by atoms with Crippen molar-refractivity contribution in [1.29, 1.82) is 0 Å². The topological polar surface area (TPSA) is 50.8 Å². The van der Waals surface area contributed by atoms with E-state index in [0.717, 1.165) is 15.9 Å². The summed E-state index contributed by atoms with van der Waals surface area (Å²) >= 11 is 3.41. The van der Waals surface area contributed by atoms with Gasteiger partial charge >= 0.3 is 0 Å². The molecule has 0 aliphatic rings. The lowest BCUT2D eigenvalue weighted by Crippen LogP contribution is -2.33. The van der Waals surface area contributed by atoms with Crippen LogP contribution in [0, 0.1) is 0 Å². The van der Waals surface area contributed by atoms with Crippen LogP contribution in [0.5, 0.6) is 11.5 Å². The van der Waals surface area contributed by atoms with Crippen molar-refractivity contribution in [2.24, 2.45) is 0 Å². The number of carbonyl (C=O) groups excluding carboxylic acids is 1. The average molecular weight is 393 g/mol. The normalized spacial score (nSPS) is 10.5. The van der Waals surface area contributed by atoms with Gasteiger partial charge in [-0.3, -0.25) is 9.69 Å². The fraction of sp³-hybridized carbons (Fsp3) is 0.278. The van der Waals surface area contributed by atoms with Crippen molar-refractivity contribution < 1.29 is 14.3 Å². The van der Waals surface area contributed by atoms with Gasteiger partial charge < -0.3 is 14.8 Å². The molecule has 0 bridgehead atoms. The maximum absolute atomic E-state index is 12.1. The van der Waals surface area contributed by atoms with Gasteiger partial charge in [0.15, 0.2) is 0 Å². The number of hydrogen-bond donors (Lipinski definition) is 1. The third-order valence-electron chi connectivity index (χ3n) is 3.30. The third kappa shape index (κ3) is 6.22. The Morgan fingerprint density at radius 3 is 2.67 bits per heavy atom. The lowest BCUT2D eigenvalue weighted by molar-refractivity contribution is -0.117. The number of amides is 1. The molecule has 0 aromatic heterocycles. The number of halogens is 1. The summed E-state index contributed by atoms with van der Waals surface area (Å²) in [5.74, 6) is 1.44. The van der Waals surface area contributed by atoms with E-state index in [1.165, 1.54) is 0 Å². The molecule has 128 valence electrons. The van der Waals surface area contributed by atoms with Crippen LogP contribution in [0.1, 0.15) is 0 Å². The second kappa shape index (κ2) is 9.30. The first-order chi connectivity index (χ1) is 11.6.